The first-order chi connectivity index (χ1) is 10.5. The van der Waals surface area contributed by atoms with Gasteiger partial charge in [-0.05, 0) is 6.42 Å². The average molecular weight is 302 g/mol. The number of carbonyl (C=O) groups excluding carboxylic acids is 3. The standard InChI is InChI=1S/C17H18O5/c1-4-11-17(15(19)21-2,16(20)22-3)12-10-14(18)13-8-6-5-7-9-13/h1,5-9H,10-12H2,2-3H3. The molecule has 0 bridgehead atoms. The zero-order valence-electron chi connectivity index (χ0n) is 12.6. The van der Waals surface area contributed by atoms with E-state index in [0.717, 1.165) is 14.2 Å². The molecule has 5 heteroatoms. The smallest absolute Gasteiger partial charge is 0.324 e. The maximum atomic E-state index is 12.2. The lowest BCUT2D eigenvalue weighted by Gasteiger charge is -2.25. The van der Waals surface area contributed by atoms with Crippen LogP contribution >= 0.6 is 0 Å². The third-order valence-electron chi connectivity index (χ3n) is 3.43. The molecule has 0 fully saturated rings. The molecule has 116 valence electrons. The number of ether oxygens (including phenoxy) is 2. The largest absolute Gasteiger partial charge is 0.468 e. The topological polar surface area (TPSA) is 69.7 Å². The van der Waals surface area contributed by atoms with Crippen molar-refractivity contribution in [2.75, 3.05) is 14.2 Å². The van der Waals surface area contributed by atoms with Crippen molar-refractivity contribution in [3.63, 3.8) is 0 Å². The summed E-state index contributed by atoms with van der Waals surface area (Å²) < 4.78 is 9.37. The zero-order chi connectivity index (χ0) is 16.6. The van der Waals surface area contributed by atoms with Crippen LogP contribution in [0.5, 0.6) is 0 Å². The van der Waals surface area contributed by atoms with Crippen molar-refractivity contribution < 1.29 is 23.9 Å². The molecule has 0 saturated carbocycles. The summed E-state index contributed by atoms with van der Waals surface area (Å²) in [6.45, 7) is 0. The fourth-order valence-electron chi connectivity index (χ4n) is 2.18. The zero-order valence-corrected chi connectivity index (χ0v) is 12.6. The lowest BCUT2D eigenvalue weighted by Crippen LogP contribution is -2.41. The number of rotatable bonds is 7. The molecule has 0 aliphatic heterocycles. The number of hydrogen-bond donors (Lipinski definition) is 0. The molecule has 1 rings (SSSR count). The van der Waals surface area contributed by atoms with Gasteiger partial charge in [0.1, 0.15) is 0 Å². The van der Waals surface area contributed by atoms with Gasteiger partial charge in [0.2, 0.25) is 0 Å². The molecule has 1 aromatic rings. The fraction of sp³-hybridized carbons (Fsp3) is 0.353. The minimum absolute atomic E-state index is 0.0180. The monoisotopic (exact) mass is 302 g/mol. The van der Waals surface area contributed by atoms with Gasteiger partial charge in [-0.1, -0.05) is 30.3 Å². The van der Waals surface area contributed by atoms with Crippen molar-refractivity contribution in [1.29, 1.82) is 0 Å². The number of carbonyl (C=O) groups is 3. The molecular formula is C17H18O5. The van der Waals surface area contributed by atoms with Crippen LogP contribution in [0.1, 0.15) is 29.6 Å². The van der Waals surface area contributed by atoms with Crippen LogP contribution in [-0.4, -0.2) is 31.9 Å². The van der Waals surface area contributed by atoms with Gasteiger partial charge in [-0.25, -0.2) is 0 Å². The van der Waals surface area contributed by atoms with E-state index in [9.17, 15) is 14.4 Å². The first kappa shape index (κ1) is 17.4. The van der Waals surface area contributed by atoms with Gasteiger partial charge in [0.25, 0.3) is 0 Å². The summed E-state index contributed by atoms with van der Waals surface area (Å²) in [5.41, 5.74) is -1.14. The van der Waals surface area contributed by atoms with E-state index in [2.05, 4.69) is 15.4 Å². The SMILES string of the molecule is C#CCC(CCC(=O)c1ccccc1)(C(=O)OC)C(=O)OC. The van der Waals surface area contributed by atoms with Crippen molar-refractivity contribution in [2.45, 2.75) is 19.3 Å². The second kappa shape index (κ2) is 7.99. The van der Waals surface area contributed by atoms with E-state index in [1.165, 1.54) is 0 Å². The lowest BCUT2D eigenvalue weighted by molar-refractivity contribution is -0.169. The Hall–Kier alpha value is -2.61. The van der Waals surface area contributed by atoms with Gasteiger partial charge in [0.05, 0.1) is 14.2 Å². The van der Waals surface area contributed by atoms with Crippen molar-refractivity contribution in [3.8, 4) is 12.3 Å². The number of hydrogen-bond acceptors (Lipinski definition) is 5. The van der Waals surface area contributed by atoms with Crippen molar-refractivity contribution >= 4 is 17.7 Å². The molecular weight excluding hydrogens is 284 g/mol. The third-order valence-corrected chi connectivity index (χ3v) is 3.43. The van der Waals surface area contributed by atoms with Gasteiger partial charge in [0, 0.05) is 18.4 Å². The van der Waals surface area contributed by atoms with Crippen molar-refractivity contribution in [1.82, 2.24) is 0 Å². The highest BCUT2D eigenvalue weighted by Crippen LogP contribution is 2.32. The fourth-order valence-corrected chi connectivity index (χ4v) is 2.18. The van der Waals surface area contributed by atoms with Crippen LogP contribution in [0.25, 0.3) is 0 Å². The molecule has 0 aliphatic rings. The Balaban J connectivity index is 2.98. The van der Waals surface area contributed by atoms with Crippen LogP contribution in [-0.2, 0) is 19.1 Å². The van der Waals surface area contributed by atoms with Crippen molar-refractivity contribution in [2.24, 2.45) is 5.41 Å². The average Bonchev–Trinajstić information content (AvgIpc) is 2.57. The Labute approximate surface area is 129 Å². The highest BCUT2D eigenvalue weighted by Gasteiger charge is 2.47. The minimum atomic E-state index is -1.65. The second-order valence-electron chi connectivity index (χ2n) is 4.74. The molecule has 22 heavy (non-hydrogen) atoms. The maximum Gasteiger partial charge on any atom is 0.324 e. The van der Waals surface area contributed by atoms with E-state index in [0.29, 0.717) is 5.56 Å². The molecule has 0 amide bonds. The van der Waals surface area contributed by atoms with Crippen molar-refractivity contribution in [3.05, 3.63) is 35.9 Å². The van der Waals surface area contributed by atoms with Crippen LogP contribution < -0.4 is 0 Å². The molecule has 0 aliphatic carbocycles. The van der Waals surface area contributed by atoms with Crippen LogP contribution in [0.4, 0.5) is 0 Å². The molecule has 0 aromatic heterocycles. The van der Waals surface area contributed by atoms with E-state index in [1.54, 1.807) is 30.3 Å². The maximum absolute atomic E-state index is 12.2. The Morgan fingerprint density at radius 3 is 2.09 bits per heavy atom. The first-order valence-corrected chi connectivity index (χ1v) is 6.70. The normalized spacial score (nSPS) is 10.4. The summed E-state index contributed by atoms with van der Waals surface area (Å²) in [5, 5.41) is 0. The minimum Gasteiger partial charge on any atom is -0.468 e. The quantitative estimate of drug-likeness (QED) is 0.333. The van der Waals surface area contributed by atoms with Gasteiger partial charge in [-0.2, -0.15) is 0 Å². The van der Waals surface area contributed by atoms with Gasteiger partial charge in [0.15, 0.2) is 11.2 Å². The first-order valence-electron chi connectivity index (χ1n) is 6.70. The number of benzene rings is 1. The van der Waals surface area contributed by atoms with Crippen LogP contribution in [0.2, 0.25) is 0 Å². The summed E-state index contributed by atoms with van der Waals surface area (Å²) in [4.78, 5) is 36.2. The van der Waals surface area contributed by atoms with Crippen LogP contribution in [0.15, 0.2) is 30.3 Å². The summed E-state index contributed by atoms with van der Waals surface area (Å²) in [6.07, 6.45) is 5.00. The molecule has 1 aromatic carbocycles. The highest BCUT2D eigenvalue weighted by atomic mass is 16.5. The Bertz CT molecular complexity index is 567. The number of Topliss-reactive ketones (excluding diaryl/α,β-unsaturated/α-hetero) is 1. The van der Waals surface area contributed by atoms with Gasteiger partial charge < -0.3 is 9.47 Å². The second-order valence-corrected chi connectivity index (χ2v) is 4.74. The van der Waals surface area contributed by atoms with Gasteiger partial charge >= 0.3 is 11.9 Å². The van der Waals surface area contributed by atoms with E-state index in [1.807, 2.05) is 0 Å². The molecule has 5 nitrogen and oxygen atoms in total. The molecule has 0 spiro atoms. The molecule has 0 heterocycles. The predicted octanol–water partition coefficient (Wildman–Crippen LogP) is 2.01. The van der Waals surface area contributed by atoms with Gasteiger partial charge in [-0.15, -0.1) is 12.3 Å². The molecule has 0 N–H and O–H groups in total. The summed E-state index contributed by atoms with van der Waals surface area (Å²) in [5.74, 6) is 0.518. The van der Waals surface area contributed by atoms with E-state index >= 15 is 0 Å². The van der Waals surface area contributed by atoms with Crippen LogP contribution in [0.3, 0.4) is 0 Å². The molecule has 0 unspecified atom stereocenters. The molecule has 0 radical (unpaired) electrons. The Morgan fingerprint density at radius 1 is 1.09 bits per heavy atom. The highest BCUT2D eigenvalue weighted by molar-refractivity contribution is 6.02. The molecule has 0 atom stereocenters. The predicted molar refractivity (Wildman–Crippen MR) is 79.9 cm³/mol. The van der Waals surface area contributed by atoms with Crippen LogP contribution in [0, 0.1) is 17.8 Å². The number of methoxy groups -OCH3 is 2. The summed E-state index contributed by atoms with van der Waals surface area (Å²) in [7, 11) is 2.32. The summed E-state index contributed by atoms with van der Waals surface area (Å²) in [6, 6.07) is 8.61. The Morgan fingerprint density at radius 2 is 1.64 bits per heavy atom. The van der Waals surface area contributed by atoms with E-state index < -0.39 is 17.4 Å². The molecule has 0 saturated heterocycles. The Kier molecular flexibility index (Phi) is 6.33. The number of terminal acetylenes is 1. The van der Waals surface area contributed by atoms with E-state index in [4.69, 9.17) is 6.42 Å². The summed E-state index contributed by atoms with van der Waals surface area (Å²) >= 11 is 0. The number of ketones is 1. The number of esters is 2. The van der Waals surface area contributed by atoms with Gasteiger partial charge in [-0.3, -0.25) is 14.4 Å². The van der Waals surface area contributed by atoms with E-state index in [-0.39, 0.29) is 25.0 Å². The lowest BCUT2D eigenvalue weighted by atomic mass is 9.79. The third kappa shape index (κ3) is 3.73.